The van der Waals surface area contributed by atoms with E-state index in [9.17, 15) is 9.59 Å². The summed E-state index contributed by atoms with van der Waals surface area (Å²) in [6, 6.07) is 15.7. The first-order valence-corrected chi connectivity index (χ1v) is 10.9. The minimum absolute atomic E-state index is 0.0257. The number of likely N-dealkylation sites (tertiary alicyclic amines) is 1. The third-order valence-corrected chi connectivity index (χ3v) is 6.10. The summed E-state index contributed by atoms with van der Waals surface area (Å²) in [4.78, 5) is 34.2. The van der Waals surface area contributed by atoms with Gasteiger partial charge in [0.15, 0.2) is 0 Å². The smallest absolute Gasteiger partial charge is 0.272 e. The highest BCUT2D eigenvalue weighted by molar-refractivity contribution is 5.92. The van der Waals surface area contributed by atoms with Gasteiger partial charge in [0, 0.05) is 44.6 Å². The first kappa shape index (κ1) is 20.5. The molecule has 3 heterocycles. The summed E-state index contributed by atoms with van der Waals surface area (Å²) in [6.45, 7) is 2.71. The molecule has 0 atom stereocenters. The Labute approximate surface area is 177 Å². The van der Waals surface area contributed by atoms with E-state index in [1.165, 1.54) is 0 Å². The van der Waals surface area contributed by atoms with Crippen molar-refractivity contribution >= 4 is 11.8 Å². The van der Waals surface area contributed by atoms with Crippen molar-refractivity contribution in [2.24, 2.45) is 0 Å². The fourth-order valence-corrected chi connectivity index (χ4v) is 4.53. The topological polar surface area (TPSA) is 62.7 Å². The number of aromatic nitrogens is 1. The summed E-state index contributed by atoms with van der Waals surface area (Å²) in [5.41, 5.74) is 1.53. The number of hydrogen-bond acceptors (Lipinski definition) is 4. The molecule has 0 bridgehead atoms. The number of nitrogens with zero attached hydrogens (tertiary/aromatic N) is 3. The molecule has 6 nitrogen and oxygen atoms in total. The maximum absolute atomic E-state index is 13.3. The molecule has 0 saturated carbocycles. The highest BCUT2D eigenvalue weighted by atomic mass is 16.5. The number of amides is 2. The largest absolute Gasteiger partial charge is 0.381 e. The fraction of sp³-hybridized carbons (Fsp3) is 0.458. The van der Waals surface area contributed by atoms with Gasteiger partial charge in [0.1, 0.15) is 5.69 Å². The second kappa shape index (κ2) is 9.85. The first-order valence-electron chi connectivity index (χ1n) is 10.9. The van der Waals surface area contributed by atoms with Gasteiger partial charge < -0.3 is 14.5 Å². The zero-order valence-corrected chi connectivity index (χ0v) is 17.3. The van der Waals surface area contributed by atoms with E-state index in [0.29, 0.717) is 38.4 Å². The average Bonchev–Trinajstić information content (AvgIpc) is 2.81. The quantitative estimate of drug-likeness (QED) is 0.765. The van der Waals surface area contributed by atoms with Crippen LogP contribution in [0.3, 0.4) is 0 Å². The van der Waals surface area contributed by atoms with Crippen LogP contribution in [0, 0.1) is 0 Å². The number of piperidine rings is 1. The Balaban J connectivity index is 1.43. The Hall–Kier alpha value is -2.73. The fourth-order valence-electron chi connectivity index (χ4n) is 4.53. The van der Waals surface area contributed by atoms with E-state index in [2.05, 4.69) is 9.88 Å². The van der Waals surface area contributed by atoms with E-state index in [-0.39, 0.29) is 23.9 Å². The van der Waals surface area contributed by atoms with Gasteiger partial charge >= 0.3 is 0 Å². The Morgan fingerprint density at radius 2 is 1.60 bits per heavy atom. The maximum atomic E-state index is 13.3. The van der Waals surface area contributed by atoms with Crippen LogP contribution in [0.5, 0.6) is 0 Å². The van der Waals surface area contributed by atoms with Crippen LogP contribution < -0.4 is 0 Å². The summed E-state index contributed by atoms with van der Waals surface area (Å²) in [7, 11) is 0. The van der Waals surface area contributed by atoms with Gasteiger partial charge in [0.05, 0.1) is 6.42 Å². The molecule has 0 spiro atoms. The Morgan fingerprint density at radius 3 is 2.27 bits per heavy atom. The number of carbonyl (C=O) groups is 2. The van der Waals surface area contributed by atoms with Crippen LogP contribution in [-0.2, 0) is 16.0 Å². The van der Waals surface area contributed by atoms with Gasteiger partial charge in [0.2, 0.25) is 5.91 Å². The predicted octanol–water partition coefficient (Wildman–Crippen LogP) is 2.94. The molecule has 2 amide bonds. The lowest BCUT2D eigenvalue weighted by molar-refractivity contribution is -0.139. The van der Waals surface area contributed by atoms with Crippen LogP contribution in [0.2, 0.25) is 0 Å². The van der Waals surface area contributed by atoms with Crippen LogP contribution in [0.4, 0.5) is 0 Å². The molecular formula is C24H29N3O3. The van der Waals surface area contributed by atoms with Crippen LogP contribution in [0.25, 0.3) is 0 Å². The number of rotatable bonds is 5. The highest BCUT2D eigenvalue weighted by Crippen LogP contribution is 2.25. The van der Waals surface area contributed by atoms with Crippen molar-refractivity contribution < 1.29 is 14.3 Å². The zero-order valence-electron chi connectivity index (χ0n) is 17.3. The number of benzene rings is 1. The molecule has 2 saturated heterocycles. The number of hydrogen-bond donors (Lipinski definition) is 0. The van der Waals surface area contributed by atoms with Gasteiger partial charge in [-0.3, -0.25) is 14.6 Å². The molecule has 2 fully saturated rings. The third-order valence-electron chi connectivity index (χ3n) is 6.10. The standard InChI is InChI=1S/C24H29N3O3/c28-23(18-19-6-2-1-3-7-19)27(21-11-16-30-17-12-21)20-9-14-26(15-10-20)24(29)22-8-4-5-13-25-22/h1-8,13,20-21H,9-12,14-18H2. The van der Waals surface area contributed by atoms with E-state index in [1.807, 2.05) is 47.4 Å². The number of carbonyl (C=O) groups excluding carboxylic acids is 2. The summed E-state index contributed by atoms with van der Waals surface area (Å²) in [5, 5.41) is 0. The summed E-state index contributed by atoms with van der Waals surface area (Å²) >= 11 is 0. The summed E-state index contributed by atoms with van der Waals surface area (Å²) in [6.07, 6.45) is 5.44. The lowest BCUT2D eigenvalue weighted by Crippen LogP contribution is -2.54. The van der Waals surface area contributed by atoms with E-state index in [0.717, 1.165) is 31.2 Å². The van der Waals surface area contributed by atoms with Crippen LogP contribution >= 0.6 is 0 Å². The SMILES string of the molecule is O=C(c1ccccn1)N1CCC(N(C(=O)Cc2ccccc2)C2CCOCC2)CC1. The van der Waals surface area contributed by atoms with E-state index in [4.69, 9.17) is 4.74 Å². The Bertz CT molecular complexity index is 829. The van der Waals surface area contributed by atoms with Crippen molar-refractivity contribution in [3.8, 4) is 0 Å². The minimum Gasteiger partial charge on any atom is -0.381 e. The van der Waals surface area contributed by atoms with Crippen molar-refractivity contribution in [3.05, 3.63) is 66.0 Å². The molecular weight excluding hydrogens is 378 g/mol. The Kier molecular flexibility index (Phi) is 6.74. The second-order valence-electron chi connectivity index (χ2n) is 8.05. The molecule has 6 heteroatoms. The van der Waals surface area contributed by atoms with Crippen molar-refractivity contribution in [2.45, 2.75) is 44.2 Å². The first-order chi connectivity index (χ1) is 14.7. The molecule has 0 N–H and O–H groups in total. The van der Waals surface area contributed by atoms with Gasteiger partial charge in [-0.25, -0.2) is 0 Å². The van der Waals surface area contributed by atoms with Gasteiger partial charge in [-0.15, -0.1) is 0 Å². The molecule has 0 radical (unpaired) electrons. The van der Waals surface area contributed by atoms with E-state index in [1.54, 1.807) is 12.3 Å². The van der Waals surface area contributed by atoms with Gasteiger partial charge in [0.25, 0.3) is 5.91 Å². The van der Waals surface area contributed by atoms with E-state index < -0.39 is 0 Å². The molecule has 2 aliphatic heterocycles. The summed E-state index contributed by atoms with van der Waals surface area (Å²) < 4.78 is 5.53. The van der Waals surface area contributed by atoms with Gasteiger partial charge in [-0.05, 0) is 43.4 Å². The van der Waals surface area contributed by atoms with Gasteiger partial charge in [-0.2, -0.15) is 0 Å². The van der Waals surface area contributed by atoms with Crippen LogP contribution in [0.15, 0.2) is 54.7 Å². The van der Waals surface area contributed by atoms with Crippen LogP contribution in [0.1, 0.15) is 41.7 Å². The lowest BCUT2D eigenvalue weighted by atomic mass is 9.96. The van der Waals surface area contributed by atoms with Crippen LogP contribution in [-0.4, -0.2) is 65.0 Å². The third kappa shape index (κ3) is 4.87. The molecule has 158 valence electrons. The number of pyridine rings is 1. The second-order valence-corrected chi connectivity index (χ2v) is 8.05. The molecule has 1 aromatic carbocycles. The highest BCUT2D eigenvalue weighted by Gasteiger charge is 2.35. The zero-order chi connectivity index (χ0) is 20.8. The molecule has 4 rings (SSSR count). The Morgan fingerprint density at radius 1 is 0.933 bits per heavy atom. The summed E-state index contributed by atoms with van der Waals surface area (Å²) in [5.74, 6) is 0.157. The minimum atomic E-state index is -0.0257. The monoisotopic (exact) mass is 407 g/mol. The predicted molar refractivity (Wildman–Crippen MR) is 114 cm³/mol. The molecule has 2 aromatic rings. The normalized spacial score (nSPS) is 18.2. The van der Waals surface area contributed by atoms with Crippen molar-refractivity contribution in [2.75, 3.05) is 26.3 Å². The molecule has 1 aromatic heterocycles. The van der Waals surface area contributed by atoms with Crippen molar-refractivity contribution in [3.63, 3.8) is 0 Å². The molecule has 0 unspecified atom stereocenters. The molecule has 30 heavy (non-hydrogen) atoms. The molecule has 2 aliphatic rings. The maximum Gasteiger partial charge on any atom is 0.272 e. The number of ether oxygens (including phenoxy) is 1. The lowest BCUT2D eigenvalue weighted by Gasteiger charge is -2.43. The van der Waals surface area contributed by atoms with E-state index >= 15 is 0 Å². The average molecular weight is 408 g/mol. The van der Waals surface area contributed by atoms with Crippen molar-refractivity contribution in [1.82, 2.24) is 14.8 Å². The van der Waals surface area contributed by atoms with Gasteiger partial charge in [-0.1, -0.05) is 36.4 Å². The van der Waals surface area contributed by atoms with Crippen molar-refractivity contribution in [1.29, 1.82) is 0 Å². The molecule has 0 aliphatic carbocycles.